The Kier molecular flexibility index (Phi) is 4.69. The van der Waals surface area contributed by atoms with E-state index in [-0.39, 0.29) is 11.3 Å². The van der Waals surface area contributed by atoms with Gasteiger partial charge in [0.1, 0.15) is 17.6 Å². The van der Waals surface area contributed by atoms with E-state index in [4.69, 9.17) is 23.2 Å². The first-order valence-corrected chi connectivity index (χ1v) is 10.6. The highest BCUT2D eigenvalue weighted by atomic mass is 35.5. The fourth-order valence-corrected chi connectivity index (χ4v) is 4.85. The van der Waals surface area contributed by atoms with Crippen LogP contribution in [0.4, 0.5) is 5.69 Å². The zero-order chi connectivity index (χ0) is 21.9. The van der Waals surface area contributed by atoms with Crippen LogP contribution < -0.4 is 5.32 Å². The summed E-state index contributed by atoms with van der Waals surface area (Å²) in [6.45, 7) is 4.27. The molecule has 8 nitrogen and oxygen atoms in total. The number of anilines is 1. The van der Waals surface area contributed by atoms with E-state index < -0.39 is 6.23 Å². The Labute approximate surface area is 188 Å². The predicted molar refractivity (Wildman–Crippen MR) is 119 cm³/mol. The maximum Gasteiger partial charge on any atom is 0.156 e. The summed E-state index contributed by atoms with van der Waals surface area (Å²) in [4.78, 5) is 13.2. The van der Waals surface area contributed by atoms with Crippen molar-refractivity contribution in [1.29, 1.82) is 0 Å². The summed E-state index contributed by atoms with van der Waals surface area (Å²) in [5.74, 6) is -0.181. The number of nitrogens with one attached hydrogen (secondary N) is 1. The molecule has 1 unspecified atom stereocenters. The molecule has 0 fully saturated rings. The summed E-state index contributed by atoms with van der Waals surface area (Å²) in [7, 11) is 1.89. The molecule has 4 heterocycles. The van der Waals surface area contributed by atoms with Crippen molar-refractivity contribution in [3.05, 3.63) is 58.5 Å². The van der Waals surface area contributed by atoms with Gasteiger partial charge < -0.3 is 15.0 Å². The van der Waals surface area contributed by atoms with Crippen LogP contribution >= 0.6 is 23.2 Å². The normalized spacial score (nSPS) is 18.3. The lowest BCUT2D eigenvalue weighted by Gasteiger charge is -2.23. The molecule has 10 heteroatoms. The topological polar surface area (TPSA) is 93.2 Å². The average Bonchev–Trinajstić information content (AvgIpc) is 3.36. The third-order valence-corrected chi connectivity index (χ3v) is 6.21. The second-order valence-corrected chi connectivity index (χ2v) is 9.36. The molecule has 4 aromatic rings. The molecule has 2 N–H and O–H groups in total. The molecule has 4 aromatic heterocycles. The van der Waals surface area contributed by atoms with Gasteiger partial charge in [0.15, 0.2) is 10.8 Å². The van der Waals surface area contributed by atoms with Crippen LogP contribution in [0.5, 0.6) is 0 Å². The lowest BCUT2D eigenvalue weighted by molar-refractivity contribution is 0.163. The lowest BCUT2D eigenvalue weighted by atomic mass is 9.88. The first-order valence-electron chi connectivity index (χ1n) is 9.86. The molecule has 0 amide bonds. The molecule has 160 valence electrons. The van der Waals surface area contributed by atoms with E-state index in [1.807, 2.05) is 24.0 Å². The Hall–Kier alpha value is -2.68. The van der Waals surface area contributed by atoms with Gasteiger partial charge in [-0.15, -0.1) is 0 Å². The first kappa shape index (κ1) is 20.2. The van der Waals surface area contributed by atoms with Crippen molar-refractivity contribution in [3.63, 3.8) is 0 Å². The minimum atomic E-state index is -0.857. The van der Waals surface area contributed by atoms with Crippen molar-refractivity contribution in [2.24, 2.45) is 7.05 Å². The van der Waals surface area contributed by atoms with Crippen molar-refractivity contribution >= 4 is 34.5 Å². The number of aromatic nitrogens is 6. The molecule has 0 saturated heterocycles. The largest absolute Gasteiger partial charge is 0.373 e. The van der Waals surface area contributed by atoms with E-state index in [0.717, 1.165) is 17.7 Å². The van der Waals surface area contributed by atoms with Crippen molar-refractivity contribution < 1.29 is 5.11 Å². The van der Waals surface area contributed by atoms with Crippen LogP contribution in [0.2, 0.25) is 10.2 Å². The molecule has 5 rings (SSSR count). The molecule has 0 bridgehead atoms. The molecule has 31 heavy (non-hydrogen) atoms. The molecule has 0 aliphatic heterocycles. The molecule has 2 atom stereocenters. The van der Waals surface area contributed by atoms with E-state index in [0.29, 0.717) is 32.9 Å². The Morgan fingerprint density at radius 1 is 1.19 bits per heavy atom. The number of aryl methyl sites for hydroxylation is 1. The van der Waals surface area contributed by atoms with Crippen molar-refractivity contribution in [2.75, 3.05) is 5.32 Å². The molecular weight excluding hydrogens is 437 g/mol. The van der Waals surface area contributed by atoms with Crippen LogP contribution in [-0.2, 0) is 12.5 Å². The van der Waals surface area contributed by atoms with E-state index in [9.17, 15) is 5.11 Å². The predicted octanol–water partition coefficient (Wildman–Crippen LogP) is 4.03. The van der Waals surface area contributed by atoms with Crippen LogP contribution in [0, 0.1) is 0 Å². The summed E-state index contributed by atoms with van der Waals surface area (Å²) in [5, 5.41) is 19.4. The third kappa shape index (κ3) is 3.44. The van der Waals surface area contributed by atoms with E-state index in [1.165, 1.54) is 0 Å². The van der Waals surface area contributed by atoms with Crippen molar-refractivity contribution in [2.45, 2.75) is 37.8 Å². The van der Waals surface area contributed by atoms with Crippen LogP contribution in [0.15, 0.2) is 37.1 Å². The highest BCUT2D eigenvalue weighted by Gasteiger charge is 2.43. The van der Waals surface area contributed by atoms with Crippen LogP contribution in [0.3, 0.4) is 0 Å². The Morgan fingerprint density at radius 2 is 2.00 bits per heavy atom. The Balaban J connectivity index is 1.44. The number of halogens is 2. The summed E-state index contributed by atoms with van der Waals surface area (Å²) < 4.78 is 3.62. The van der Waals surface area contributed by atoms with Gasteiger partial charge in [-0.1, -0.05) is 37.0 Å². The van der Waals surface area contributed by atoms with Gasteiger partial charge in [0.25, 0.3) is 0 Å². The van der Waals surface area contributed by atoms with Gasteiger partial charge in [0, 0.05) is 42.4 Å². The van der Waals surface area contributed by atoms with E-state index in [1.54, 1.807) is 29.2 Å². The van der Waals surface area contributed by atoms with E-state index in [2.05, 4.69) is 39.2 Å². The highest BCUT2D eigenvalue weighted by molar-refractivity contribution is 6.33. The highest BCUT2D eigenvalue weighted by Crippen LogP contribution is 2.47. The molecule has 0 saturated carbocycles. The van der Waals surface area contributed by atoms with Crippen LogP contribution in [0.1, 0.15) is 37.4 Å². The van der Waals surface area contributed by atoms with Gasteiger partial charge >= 0.3 is 0 Å². The number of fused-ring (bicyclic) bond motifs is 3. The van der Waals surface area contributed by atoms with Crippen LogP contribution in [-0.4, -0.2) is 40.5 Å². The van der Waals surface area contributed by atoms with Gasteiger partial charge in [0.2, 0.25) is 0 Å². The molecule has 1 aliphatic rings. The smallest absolute Gasteiger partial charge is 0.156 e. The maximum absolute atomic E-state index is 11.1. The monoisotopic (exact) mass is 457 g/mol. The number of nitrogens with zero attached hydrogens (tertiary/aromatic N) is 6. The number of rotatable bonds is 4. The molecule has 1 aliphatic carbocycles. The zero-order valence-electron chi connectivity index (χ0n) is 17.2. The molecular formula is C21H21Cl2N7O. The second kappa shape index (κ2) is 7.19. The van der Waals surface area contributed by atoms with Crippen LogP contribution in [0.25, 0.3) is 17.0 Å². The third-order valence-electron chi connectivity index (χ3n) is 5.74. The number of pyridine rings is 1. The van der Waals surface area contributed by atoms with Crippen molar-refractivity contribution in [3.8, 4) is 11.4 Å². The molecule has 0 aromatic carbocycles. The standard InChI is InChI=1S/C21H21Cl2N7O/c1-21(2)6-12(13-8-24-17-5-16(23)28-30(17)19(13)21)20(31)27-11-4-14(22)18(25-7-11)15-9-29(3)10-26-15/h4-5,7-10,12,20,27,31H,6H2,1-3H3/t12-,20?/m1/s1. The Bertz CT molecular complexity index is 1300. The van der Waals surface area contributed by atoms with Gasteiger partial charge in [-0.05, 0) is 12.5 Å². The van der Waals surface area contributed by atoms with Gasteiger partial charge in [-0.25, -0.2) is 14.5 Å². The van der Waals surface area contributed by atoms with Gasteiger partial charge in [0.05, 0.1) is 28.9 Å². The number of hydrogen-bond donors (Lipinski definition) is 2. The Morgan fingerprint density at radius 3 is 2.71 bits per heavy atom. The molecule has 0 radical (unpaired) electrons. The summed E-state index contributed by atoms with van der Waals surface area (Å²) in [6.07, 6.45) is 6.87. The number of aliphatic hydroxyl groups is 1. The average molecular weight is 458 g/mol. The van der Waals surface area contributed by atoms with E-state index >= 15 is 0 Å². The van der Waals surface area contributed by atoms with Gasteiger partial charge in [-0.3, -0.25) is 4.98 Å². The quantitative estimate of drug-likeness (QED) is 0.449. The molecule has 0 spiro atoms. The summed E-state index contributed by atoms with van der Waals surface area (Å²) >= 11 is 12.5. The fourth-order valence-electron chi connectivity index (χ4n) is 4.42. The minimum Gasteiger partial charge on any atom is -0.373 e. The number of aliphatic hydroxyl groups excluding tert-OH is 1. The lowest BCUT2D eigenvalue weighted by Crippen LogP contribution is -2.27. The first-order chi connectivity index (χ1) is 14.7. The SMILES string of the molecule is Cn1cnc(-c2ncc(NC(O)[C@@H]3CC(C)(C)c4c3cnc3cc(Cl)nn43)cc2Cl)c1. The van der Waals surface area contributed by atoms with Gasteiger partial charge in [-0.2, -0.15) is 5.10 Å². The zero-order valence-corrected chi connectivity index (χ0v) is 18.7. The second-order valence-electron chi connectivity index (χ2n) is 8.56. The maximum atomic E-state index is 11.1. The fraction of sp³-hybridized carbons (Fsp3) is 0.333. The number of imidazole rings is 1. The minimum absolute atomic E-state index is 0.181. The summed E-state index contributed by atoms with van der Waals surface area (Å²) in [5.41, 5.74) is 4.35. The van der Waals surface area contributed by atoms with Crippen molar-refractivity contribution in [1.82, 2.24) is 29.1 Å². The number of hydrogen-bond acceptors (Lipinski definition) is 6. The summed E-state index contributed by atoms with van der Waals surface area (Å²) in [6, 6.07) is 3.48.